The van der Waals surface area contributed by atoms with Crippen LogP contribution in [0.5, 0.6) is 0 Å². The van der Waals surface area contributed by atoms with E-state index in [1.165, 1.54) is 0 Å². The smallest absolute Gasteiger partial charge is 0.255 e. The number of oxime groups is 1. The maximum Gasteiger partial charge on any atom is 0.255 e. The van der Waals surface area contributed by atoms with Gasteiger partial charge < -0.3 is 16.3 Å². The predicted molar refractivity (Wildman–Crippen MR) is 80.6 cm³/mol. The minimum absolute atomic E-state index is 0.000497. The molecule has 1 aromatic heterocycles. The number of benzene rings is 1. The number of hydrogen-bond donors (Lipinski definition) is 3. The van der Waals surface area contributed by atoms with Crippen LogP contribution < -0.4 is 11.1 Å². The van der Waals surface area contributed by atoms with Gasteiger partial charge in [0.05, 0.1) is 11.4 Å². The first kappa shape index (κ1) is 14.5. The maximum atomic E-state index is 12.2. The molecule has 0 spiro atoms. The van der Waals surface area contributed by atoms with E-state index in [4.69, 9.17) is 10.9 Å². The SMILES string of the molecule is Cc1ccc(NC(=O)c2ccc(/C(N)=N/O)cc2)c(C)n1. The summed E-state index contributed by atoms with van der Waals surface area (Å²) in [6.45, 7) is 3.73. The number of rotatable bonds is 3. The lowest BCUT2D eigenvalue weighted by Gasteiger charge is -2.08. The monoisotopic (exact) mass is 284 g/mol. The number of amidine groups is 1. The number of nitrogens with two attached hydrogens (primary N) is 1. The molecule has 0 fully saturated rings. The molecule has 0 aliphatic carbocycles. The molecular formula is C15H16N4O2. The summed E-state index contributed by atoms with van der Waals surface area (Å²) in [6.07, 6.45) is 0. The van der Waals surface area contributed by atoms with Gasteiger partial charge in [-0.05, 0) is 38.1 Å². The molecule has 0 atom stereocenters. The first-order valence-electron chi connectivity index (χ1n) is 6.35. The Balaban J connectivity index is 2.17. The molecule has 0 saturated heterocycles. The van der Waals surface area contributed by atoms with Gasteiger partial charge in [-0.2, -0.15) is 0 Å². The molecule has 2 rings (SSSR count). The summed E-state index contributed by atoms with van der Waals surface area (Å²) < 4.78 is 0. The third-order valence-electron chi connectivity index (χ3n) is 3.02. The molecule has 108 valence electrons. The number of amides is 1. The Kier molecular flexibility index (Phi) is 4.18. The Hall–Kier alpha value is -2.89. The van der Waals surface area contributed by atoms with Crippen molar-refractivity contribution in [1.82, 2.24) is 4.98 Å². The van der Waals surface area contributed by atoms with E-state index >= 15 is 0 Å². The van der Waals surface area contributed by atoms with Crippen molar-refractivity contribution in [2.24, 2.45) is 10.9 Å². The van der Waals surface area contributed by atoms with Crippen LogP contribution in [0.25, 0.3) is 0 Å². The number of carbonyl (C=O) groups excluding carboxylic acids is 1. The highest BCUT2D eigenvalue weighted by molar-refractivity contribution is 6.05. The van der Waals surface area contributed by atoms with Crippen molar-refractivity contribution in [1.29, 1.82) is 0 Å². The van der Waals surface area contributed by atoms with Crippen LogP contribution in [-0.2, 0) is 0 Å². The number of carbonyl (C=O) groups is 1. The van der Waals surface area contributed by atoms with Gasteiger partial charge >= 0.3 is 0 Å². The summed E-state index contributed by atoms with van der Waals surface area (Å²) in [5, 5.41) is 14.3. The minimum atomic E-state index is -0.241. The fourth-order valence-corrected chi connectivity index (χ4v) is 1.86. The highest BCUT2D eigenvalue weighted by atomic mass is 16.4. The lowest BCUT2D eigenvalue weighted by atomic mass is 10.1. The lowest BCUT2D eigenvalue weighted by molar-refractivity contribution is 0.102. The Labute approximate surface area is 122 Å². The number of hydrogen-bond acceptors (Lipinski definition) is 4. The van der Waals surface area contributed by atoms with E-state index in [1.54, 1.807) is 24.3 Å². The number of pyridine rings is 1. The van der Waals surface area contributed by atoms with Crippen LogP contribution in [0.4, 0.5) is 5.69 Å². The minimum Gasteiger partial charge on any atom is -0.409 e. The van der Waals surface area contributed by atoms with Gasteiger partial charge in [0, 0.05) is 16.8 Å². The van der Waals surface area contributed by atoms with Crippen LogP contribution in [0.15, 0.2) is 41.6 Å². The number of anilines is 1. The zero-order valence-corrected chi connectivity index (χ0v) is 11.8. The fraction of sp³-hybridized carbons (Fsp3) is 0.133. The van der Waals surface area contributed by atoms with E-state index in [1.807, 2.05) is 26.0 Å². The van der Waals surface area contributed by atoms with Crippen molar-refractivity contribution in [2.75, 3.05) is 5.32 Å². The second-order valence-corrected chi connectivity index (χ2v) is 4.60. The third-order valence-corrected chi connectivity index (χ3v) is 3.02. The quantitative estimate of drug-likeness (QED) is 0.347. The Bertz CT molecular complexity index is 693. The standard InChI is InChI=1S/C15H16N4O2/c1-9-3-8-13(10(2)17-9)18-15(20)12-6-4-11(5-7-12)14(16)19-21/h3-8,21H,1-2H3,(H2,16,19)(H,18,20). The summed E-state index contributed by atoms with van der Waals surface area (Å²) in [5.74, 6) is -0.240. The van der Waals surface area contributed by atoms with Crippen LogP contribution >= 0.6 is 0 Å². The van der Waals surface area contributed by atoms with Crippen molar-refractivity contribution in [2.45, 2.75) is 13.8 Å². The summed E-state index contributed by atoms with van der Waals surface area (Å²) in [4.78, 5) is 16.4. The number of aromatic nitrogens is 1. The predicted octanol–water partition coefficient (Wildman–Crippen LogP) is 2.05. The van der Waals surface area contributed by atoms with Gasteiger partial charge in [0.1, 0.15) is 0 Å². The molecule has 0 saturated carbocycles. The largest absolute Gasteiger partial charge is 0.409 e. The molecule has 6 heteroatoms. The van der Waals surface area contributed by atoms with Crippen molar-refractivity contribution in [3.05, 3.63) is 58.9 Å². The van der Waals surface area contributed by atoms with Gasteiger partial charge in [-0.25, -0.2) is 0 Å². The Morgan fingerprint density at radius 2 is 1.76 bits per heavy atom. The second kappa shape index (κ2) is 6.04. The van der Waals surface area contributed by atoms with Gasteiger partial charge in [0.25, 0.3) is 5.91 Å². The van der Waals surface area contributed by atoms with E-state index in [0.717, 1.165) is 11.4 Å². The first-order chi connectivity index (χ1) is 10.0. The van der Waals surface area contributed by atoms with Crippen molar-refractivity contribution in [3.63, 3.8) is 0 Å². The van der Waals surface area contributed by atoms with Gasteiger partial charge in [0.15, 0.2) is 5.84 Å². The molecule has 1 heterocycles. The van der Waals surface area contributed by atoms with Crippen LogP contribution in [-0.4, -0.2) is 21.9 Å². The van der Waals surface area contributed by atoms with E-state index < -0.39 is 0 Å². The van der Waals surface area contributed by atoms with E-state index in [9.17, 15) is 4.79 Å². The highest BCUT2D eigenvalue weighted by Crippen LogP contribution is 2.14. The number of nitrogens with zero attached hydrogens (tertiary/aromatic N) is 2. The molecule has 0 bridgehead atoms. The summed E-state index contributed by atoms with van der Waals surface area (Å²) >= 11 is 0. The molecule has 0 aliphatic heterocycles. The molecule has 6 nitrogen and oxygen atoms in total. The molecule has 0 aliphatic rings. The number of aryl methyl sites for hydroxylation is 2. The maximum absolute atomic E-state index is 12.2. The molecule has 4 N–H and O–H groups in total. The molecule has 0 radical (unpaired) electrons. The zero-order valence-electron chi connectivity index (χ0n) is 11.8. The van der Waals surface area contributed by atoms with Crippen LogP contribution in [0.1, 0.15) is 27.3 Å². The Morgan fingerprint density at radius 3 is 2.33 bits per heavy atom. The normalized spacial score (nSPS) is 11.2. The summed E-state index contributed by atoms with van der Waals surface area (Å²) in [6, 6.07) is 10.1. The van der Waals surface area contributed by atoms with Crippen molar-refractivity contribution < 1.29 is 10.0 Å². The van der Waals surface area contributed by atoms with E-state index in [0.29, 0.717) is 16.8 Å². The van der Waals surface area contributed by atoms with E-state index in [2.05, 4.69) is 15.5 Å². The number of nitrogens with one attached hydrogen (secondary N) is 1. The summed E-state index contributed by atoms with van der Waals surface area (Å²) in [5.41, 5.74) is 8.82. The molecule has 2 aromatic rings. The first-order valence-corrected chi connectivity index (χ1v) is 6.35. The van der Waals surface area contributed by atoms with Crippen molar-refractivity contribution >= 4 is 17.4 Å². The molecule has 21 heavy (non-hydrogen) atoms. The highest BCUT2D eigenvalue weighted by Gasteiger charge is 2.09. The van der Waals surface area contributed by atoms with Gasteiger partial charge in [-0.1, -0.05) is 17.3 Å². The lowest BCUT2D eigenvalue weighted by Crippen LogP contribution is -2.15. The fourth-order valence-electron chi connectivity index (χ4n) is 1.86. The van der Waals surface area contributed by atoms with Crippen LogP contribution in [0.3, 0.4) is 0 Å². The van der Waals surface area contributed by atoms with Crippen LogP contribution in [0, 0.1) is 13.8 Å². The third kappa shape index (κ3) is 3.36. The van der Waals surface area contributed by atoms with Gasteiger partial charge in [-0.3, -0.25) is 9.78 Å². The summed E-state index contributed by atoms with van der Waals surface area (Å²) in [7, 11) is 0. The Morgan fingerprint density at radius 1 is 1.14 bits per heavy atom. The molecule has 0 unspecified atom stereocenters. The average Bonchev–Trinajstić information content (AvgIpc) is 2.49. The van der Waals surface area contributed by atoms with Crippen molar-refractivity contribution in [3.8, 4) is 0 Å². The molecular weight excluding hydrogens is 268 g/mol. The van der Waals surface area contributed by atoms with Gasteiger partial charge in [0.2, 0.25) is 0 Å². The average molecular weight is 284 g/mol. The topological polar surface area (TPSA) is 101 Å². The van der Waals surface area contributed by atoms with Gasteiger partial charge in [-0.15, -0.1) is 0 Å². The molecule has 1 aromatic carbocycles. The molecule has 1 amide bonds. The second-order valence-electron chi connectivity index (χ2n) is 4.60. The van der Waals surface area contributed by atoms with Crippen LogP contribution in [0.2, 0.25) is 0 Å². The zero-order chi connectivity index (χ0) is 15.4. The van der Waals surface area contributed by atoms with E-state index in [-0.39, 0.29) is 11.7 Å².